The summed E-state index contributed by atoms with van der Waals surface area (Å²) in [6.45, 7) is 0. The number of nitrogens with one attached hydrogen (secondary N) is 1. The van der Waals surface area contributed by atoms with Crippen LogP contribution in [-0.2, 0) is 0 Å². The van der Waals surface area contributed by atoms with E-state index in [1.807, 2.05) is 24.9 Å². The Morgan fingerprint density at radius 2 is 1.56 bits per heavy atom. The fraction of sp³-hybridized carbons (Fsp3) is 0.250. The Morgan fingerprint density at radius 1 is 0.944 bits per heavy atom. The summed E-state index contributed by atoms with van der Waals surface area (Å²) in [6.07, 6.45) is 2.14. The molecule has 1 N–H and O–H groups in total. The van der Waals surface area contributed by atoms with Gasteiger partial charge in [0.1, 0.15) is 0 Å². The zero-order valence-corrected chi connectivity index (χ0v) is 11.7. The molecule has 94 valence electrons. The Kier molecular flexibility index (Phi) is 4.85. The third-order valence-electron chi connectivity index (χ3n) is 3.10. The molecule has 2 heteroatoms. The van der Waals surface area contributed by atoms with Gasteiger partial charge in [0.25, 0.3) is 0 Å². The zero-order valence-electron chi connectivity index (χ0n) is 10.9. The van der Waals surface area contributed by atoms with Gasteiger partial charge in [-0.1, -0.05) is 54.6 Å². The molecular weight excluding hydrogens is 238 g/mol. The van der Waals surface area contributed by atoms with Crippen molar-refractivity contribution in [2.45, 2.75) is 6.04 Å². The number of rotatable bonds is 5. The first-order chi connectivity index (χ1) is 8.85. The second-order valence-electron chi connectivity index (χ2n) is 4.28. The molecule has 0 fully saturated rings. The van der Waals surface area contributed by atoms with Crippen LogP contribution in [0.2, 0.25) is 0 Å². The van der Waals surface area contributed by atoms with Crippen molar-refractivity contribution in [3.63, 3.8) is 0 Å². The standard InChI is InChI=1S/C16H19NS/c1-17-16(12-18-2)15-10-8-14(9-11-15)13-6-4-3-5-7-13/h3-11,16-17H,12H2,1-2H3. The molecule has 2 rings (SSSR count). The third-order valence-corrected chi connectivity index (χ3v) is 3.77. The summed E-state index contributed by atoms with van der Waals surface area (Å²) in [6, 6.07) is 19.8. The van der Waals surface area contributed by atoms with E-state index in [9.17, 15) is 0 Å². The lowest BCUT2D eigenvalue weighted by Gasteiger charge is -2.15. The monoisotopic (exact) mass is 257 g/mol. The highest BCUT2D eigenvalue weighted by Crippen LogP contribution is 2.23. The zero-order chi connectivity index (χ0) is 12.8. The molecule has 0 amide bonds. The molecule has 0 radical (unpaired) electrons. The van der Waals surface area contributed by atoms with E-state index in [1.165, 1.54) is 16.7 Å². The highest BCUT2D eigenvalue weighted by Gasteiger charge is 2.07. The van der Waals surface area contributed by atoms with Crippen molar-refractivity contribution in [3.8, 4) is 11.1 Å². The van der Waals surface area contributed by atoms with Crippen molar-refractivity contribution in [3.05, 3.63) is 60.2 Å². The molecule has 18 heavy (non-hydrogen) atoms. The van der Waals surface area contributed by atoms with E-state index in [0.717, 1.165) is 5.75 Å². The number of hydrogen-bond donors (Lipinski definition) is 1. The van der Waals surface area contributed by atoms with Crippen LogP contribution in [0.3, 0.4) is 0 Å². The Hall–Kier alpha value is -1.25. The summed E-state index contributed by atoms with van der Waals surface area (Å²) in [5.41, 5.74) is 3.90. The van der Waals surface area contributed by atoms with Crippen molar-refractivity contribution in [2.75, 3.05) is 19.1 Å². The number of benzene rings is 2. The summed E-state index contributed by atoms with van der Waals surface area (Å²) in [7, 11) is 2.02. The highest BCUT2D eigenvalue weighted by atomic mass is 32.2. The molecule has 2 aromatic rings. The topological polar surface area (TPSA) is 12.0 Å². The predicted octanol–water partition coefficient (Wildman–Crippen LogP) is 3.98. The second-order valence-corrected chi connectivity index (χ2v) is 5.20. The van der Waals surface area contributed by atoms with Crippen LogP contribution in [-0.4, -0.2) is 19.1 Å². The fourth-order valence-electron chi connectivity index (χ4n) is 2.05. The molecule has 0 heterocycles. The van der Waals surface area contributed by atoms with Gasteiger partial charge in [-0.15, -0.1) is 0 Å². The van der Waals surface area contributed by atoms with Crippen LogP contribution in [0.1, 0.15) is 11.6 Å². The molecule has 0 saturated heterocycles. The van der Waals surface area contributed by atoms with Crippen molar-refractivity contribution in [1.29, 1.82) is 0 Å². The van der Waals surface area contributed by atoms with Gasteiger partial charge in [0.15, 0.2) is 0 Å². The lowest BCUT2D eigenvalue weighted by Crippen LogP contribution is -2.18. The SMILES string of the molecule is CNC(CSC)c1ccc(-c2ccccc2)cc1. The molecule has 0 saturated carbocycles. The minimum atomic E-state index is 0.435. The average molecular weight is 257 g/mol. The van der Waals surface area contributed by atoms with E-state index in [2.05, 4.69) is 60.1 Å². The number of hydrogen-bond acceptors (Lipinski definition) is 2. The first kappa shape index (κ1) is 13.2. The van der Waals surface area contributed by atoms with Crippen molar-refractivity contribution in [2.24, 2.45) is 0 Å². The summed E-state index contributed by atoms with van der Waals surface area (Å²) in [5.74, 6) is 1.10. The van der Waals surface area contributed by atoms with Crippen LogP contribution in [0.25, 0.3) is 11.1 Å². The van der Waals surface area contributed by atoms with Gasteiger partial charge in [-0.05, 0) is 30.0 Å². The molecule has 1 unspecified atom stereocenters. The minimum Gasteiger partial charge on any atom is -0.312 e. The number of thioether (sulfide) groups is 1. The second kappa shape index (κ2) is 6.62. The molecule has 1 nitrogen and oxygen atoms in total. The quantitative estimate of drug-likeness (QED) is 0.869. The smallest absolute Gasteiger partial charge is 0.0409 e. The van der Waals surface area contributed by atoms with Crippen LogP contribution < -0.4 is 5.32 Å². The van der Waals surface area contributed by atoms with E-state index < -0.39 is 0 Å². The van der Waals surface area contributed by atoms with Gasteiger partial charge in [0.05, 0.1) is 0 Å². The summed E-state index contributed by atoms with van der Waals surface area (Å²) < 4.78 is 0. The maximum absolute atomic E-state index is 3.36. The van der Waals surface area contributed by atoms with Crippen LogP contribution >= 0.6 is 11.8 Å². The Bertz CT molecular complexity index is 464. The molecule has 0 aromatic heterocycles. The largest absolute Gasteiger partial charge is 0.312 e. The Balaban J connectivity index is 2.19. The molecule has 0 aliphatic carbocycles. The van der Waals surface area contributed by atoms with Crippen LogP contribution in [0.15, 0.2) is 54.6 Å². The van der Waals surface area contributed by atoms with Gasteiger partial charge in [-0.2, -0.15) is 11.8 Å². The summed E-state index contributed by atoms with van der Waals surface area (Å²) >= 11 is 1.87. The molecular formula is C16H19NS. The van der Waals surface area contributed by atoms with Crippen LogP contribution in [0.5, 0.6) is 0 Å². The van der Waals surface area contributed by atoms with E-state index in [-0.39, 0.29) is 0 Å². The Morgan fingerprint density at radius 3 is 2.11 bits per heavy atom. The fourth-order valence-corrected chi connectivity index (χ4v) is 2.74. The third kappa shape index (κ3) is 3.15. The molecule has 0 aliphatic heterocycles. The maximum atomic E-state index is 3.36. The minimum absolute atomic E-state index is 0.435. The Labute approximate surface area is 114 Å². The van der Waals surface area contributed by atoms with Gasteiger partial charge in [-0.3, -0.25) is 0 Å². The normalized spacial score (nSPS) is 12.3. The van der Waals surface area contributed by atoms with Crippen molar-refractivity contribution >= 4 is 11.8 Å². The summed E-state index contributed by atoms with van der Waals surface area (Å²) in [4.78, 5) is 0. The first-order valence-electron chi connectivity index (χ1n) is 6.16. The maximum Gasteiger partial charge on any atom is 0.0409 e. The van der Waals surface area contributed by atoms with E-state index in [1.54, 1.807) is 0 Å². The summed E-state index contributed by atoms with van der Waals surface area (Å²) in [5, 5.41) is 3.36. The first-order valence-corrected chi connectivity index (χ1v) is 7.56. The molecule has 2 aromatic carbocycles. The predicted molar refractivity (Wildman–Crippen MR) is 82.1 cm³/mol. The molecule has 0 bridgehead atoms. The highest BCUT2D eigenvalue weighted by molar-refractivity contribution is 7.98. The van der Waals surface area contributed by atoms with Gasteiger partial charge < -0.3 is 5.32 Å². The molecule has 1 atom stereocenters. The van der Waals surface area contributed by atoms with E-state index in [4.69, 9.17) is 0 Å². The van der Waals surface area contributed by atoms with Crippen molar-refractivity contribution in [1.82, 2.24) is 5.32 Å². The van der Waals surface area contributed by atoms with E-state index >= 15 is 0 Å². The molecule has 0 spiro atoms. The lowest BCUT2D eigenvalue weighted by molar-refractivity contribution is 0.662. The van der Waals surface area contributed by atoms with Gasteiger partial charge >= 0.3 is 0 Å². The van der Waals surface area contributed by atoms with Crippen molar-refractivity contribution < 1.29 is 0 Å². The average Bonchev–Trinajstić information content (AvgIpc) is 2.46. The van der Waals surface area contributed by atoms with Gasteiger partial charge in [0, 0.05) is 11.8 Å². The lowest BCUT2D eigenvalue weighted by atomic mass is 10.0. The van der Waals surface area contributed by atoms with Gasteiger partial charge in [-0.25, -0.2) is 0 Å². The molecule has 0 aliphatic rings. The van der Waals surface area contributed by atoms with Crippen LogP contribution in [0, 0.1) is 0 Å². The van der Waals surface area contributed by atoms with Gasteiger partial charge in [0.2, 0.25) is 0 Å². The van der Waals surface area contributed by atoms with E-state index in [0.29, 0.717) is 6.04 Å². The van der Waals surface area contributed by atoms with Crippen LogP contribution in [0.4, 0.5) is 0 Å².